The van der Waals surface area contributed by atoms with Crippen molar-refractivity contribution >= 4 is 5.91 Å². The second-order valence-corrected chi connectivity index (χ2v) is 8.92. The summed E-state index contributed by atoms with van der Waals surface area (Å²) in [6.07, 6.45) is 5.27. The number of carbonyl (C=O) groups is 1. The number of pyridine rings is 1. The highest BCUT2D eigenvalue weighted by Crippen LogP contribution is 2.38. The largest absolute Gasteiger partial charge is 0.353 e. The first kappa shape index (κ1) is 21.3. The van der Waals surface area contributed by atoms with Crippen LogP contribution in [0.25, 0.3) is 11.1 Å². The number of rotatable bonds is 7. The summed E-state index contributed by atoms with van der Waals surface area (Å²) in [6, 6.07) is 23.2. The van der Waals surface area contributed by atoms with Crippen LogP contribution < -0.4 is 5.32 Å². The van der Waals surface area contributed by atoms with E-state index in [9.17, 15) is 4.79 Å². The number of carbonyl (C=O) groups excluding carboxylic acids is 1. The molecule has 1 saturated heterocycles. The van der Waals surface area contributed by atoms with Crippen molar-refractivity contribution in [1.29, 1.82) is 0 Å². The molecule has 3 aromatic rings. The lowest BCUT2D eigenvalue weighted by molar-refractivity contribution is -0.131. The van der Waals surface area contributed by atoms with Crippen LogP contribution in [0.2, 0.25) is 0 Å². The second-order valence-electron chi connectivity index (χ2n) is 8.92. The van der Waals surface area contributed by atoms with Crippen molar-refractivity contribution in [3.8, 4) is 11.1 Å². The molecule has 1 N–H and O–H groups in total. The summed E-state index contributed by atoms with van der Waals surface area (Å²) in [4.78, 5) is 20.0. The zero-order chi connectivity index (χ0) is 21.7. The van der Waals surface area contributed by atoms with Gasteiger partial charge in [-0.05, 0) is 67.6 Å². The summed E-state index contributed by atoms with van der Waals surface area (Å²) in [6.45, 7) is 6.60. The van der Waals surface area contributed by atoms with Crippen molar-refractivity contribution in [3.63, 3.8) is 0 Å². The predicted molar refractivity (Wildman–Crippen MR) is 125 cm³/mol. The van der Waals surface area contributed by atoms with E-state index in [4.69, 9.17) is 0 Å². The van der Waals surface area contributed by atoms with E-state index in [0.29, 0.717) is 0 Å². The first-order chi connectivity index (χ1) is 15.1. The molecule has 1 aromatic heterocycles. The van der Waals surface area contributed by atoms with Crippen LogP contribution in [0.15, 0.2) is 79.1 Å². The number of aromatic nitrogens is 1. The van der Waals surface area contributed by atoms with Crippen LogP contribution >= 0.6 is 0 Å². The van der Waals surface area contributed by atoms with E-state index in [0.717, 1.165) is 32.5 Å². The summed E-state index contributed by atoms with van der Waals surface area (Å²) in [7, 11) is 0. The van der Waals surface area contributed by atoms with E-state index < -0.39 is 5.41 Å². The lowest BCUT2D eigenvalue weighted by atomic mass is 9.78. The molecule has 1 aliphatic rings. The van der Waals surface area contributed by atoms with Gasteiger partial charge in [-0.25, -0.2) is 0 Å². The van der Waals surface area contributed by atoms with Gasteiger partial charge in [0, 0.05) is 31.5 Å². The van der Waals surface area contributed by atoms with Crippen molar-refractivity contribution in [2.75, 3.05) is 13.1 Å². The van der Waals surface area contributed by atoms with Gasteiger partial charge in [0.1, 0.15) is 0 Å². The molecule has 0 radical (unpaired) electrons. The Balaban J connectivity index is 1.62. The lowest BCUT2D eigenvalue weighted by Gasteiger charge is -2.30. The minimum Gasteiger partial charge on any atom is -0.353 e. The number of amides is 1. The van der Waals surface area contributed by atoms with Crippen molar-refractivity contribution < 1.29 is 4.79 Å². The van der Waals surface area contributed by atoms with Crippen LogP contribution in [0.5, 0.6) is 0 Å². The van der Waals surface area contributed by atoms with Gasteiger partial charge in [0.05, 0.1) is 5.41 Å². The lowest BCUT2D eigenvalue weighted by Crippen LogP contribution is -2.46. The van der Waals surface area contributed by atoms with Crippen LogP contribution in [0.1, 0.15) is 31.4 Å². The fourth-order valence-corrected chi connectivity index (χ4v) is 4.60. The van der Waals surface area contributed by atoms with Gasteiger partial charge in [-0.15, -0.1) is 0 Å². The van der Waals surface area contributed by atoms with Gasteiger partial charge in [-0.1, -0.05) is 54.6 Å². The standard InChI is InChI=1S/C27H31N3O/c1-21(2)29-26(31)27(14-17-30(20-27)19-22-12-15-28-16-13-22)18-24-10-6-7-11-25(24)23-8-4-3-5-9-23/h3-13,15-16,21H,14,17-20H2,1-2H3,(H,29,31). The fourth-order valence-electron chi connectivity index (χ4n) is 4.60. The van der Waals surface area contributed by atoms with Crippen LogP contribution in [0.3, 0.4) is 0 Å². The Morgan fingerprint density at radius 1 is 1.03 bits per heavy atom. The third-order valence-corrected chi connectivity index (χ3v) is 6.12. The molecule has 31 heavy (non-hydrogen) atoms. The van der Waals surface area contributed by atoms with Crippen molar-refractivity contribution in [3.05, 3.63) is 90.3 Å². The molecule has 4 heteroatoms. The molecule has 2 aromatic carbocycles. The maximum Gasteiger partial charge on any atom is 0.228 e. The van der Waals surface area contributed by atoms with Crippen LogP contribution in [0.4, 0.5) is 0 Å². The molecular formula is C27H31N3O. The molecule has 2 heterocycles. The molecule has 0 aliphatic carbocycles. The van der Waals surface area contributed by atoms with E-state index >= 15 is 0 Å². The molecule has 1 unspecified atom stereocenters. The predicted octanol–water partition coefficient (Wildman–Crippen LogP) is 4.71. The third kappa shape index (κ3) is 5.02. The average molecular weight is 414 g/mol. The number of benzene rings is 2. The molecular weight excluding hydrogens is 382 g/mol. The van der Waals surface area contributed by atoms with E-state index in [2.05, 4.69) is 75.9 Å². The quantitative estimate of drug-likeness (QED) is 0.610. The highest BCUT2D eigenvalue weighted by Gasteiger charge is 2.45. The minimum absolute atomic E-state index is 0.128. The van der Waals surface area contributed by atoms with Crippen LogP contribution in [-0.4, -0.2) is 34.9 Å². The SMILES string of the molecule is CC(C)NC(=O)C1(Cc2ccccc2-c2ccccc2)CCN(Cc2ccncc2)C1. The van der Waals surface area contributed by atoms with E-state index in [1.165, 1.54) is 22.3 Å². The third-order valence-electron chi connectivity index (χ3n) is 6.12. The molecule has 1 amide bonds. The van der Waals surface area contributed by atoms with Gasteiger partial charge in [-0.3, -0.25) is 14.7 Å². The first-order valence-electron chi connectivity index (χ1n) is 11.1. The molecule has 0 bridgehead atoms. The van der Waals surface area contributed by atoms with Crippen molar-refractivity contribution in [2.45, 2.75) is 39.3 Å². The van der Waals surface area contributed by atoms with Crippen LogP contribution in [0, 0.1) is 5.41 Å². The zero-order valence-corrected chi connectivity index (χ0v) is 18.4. The molecule has 1 aliphatic heterocycles. The Labute approximate surface area is 185 Å². The highest BCUT2D eigenvalue weighted by atomic mass is 16.2. The fraction of sp³-hybridized carbons (Fsp3) is 0.333. The maximum atomic E-state index is 13.5. The first-order valence-corrected chi connectivity index (χ1v) is 11.1. The Morgan fingerprint density at radius 3 is 2.48 bits per heavy atom. The molecule has 160 valence electrons. The smallest absolute Gasteiger partial charge is 0.228 e. The number of hydrogen-bond acceptors (Lipinski definition) is 3. The van der Waals surface area contributed by atoms with E-state index in [1.807, 2.05) is 32.3 Å². The summed E-state index contributed by atoms with van der Waals surface area (Å²) in [5, 5.41) is 3.21. The van der Waals surface area contributed by atoms with Gasteiger partial charge in [0.25, 0.3) is 0 Å². The molecule has 1 atom stereocenters. The van der Waals surface area contributed by atoms with E-state index in [1.54, 1.807) is 0 Å². The average Bonchev–Trinajstić information content (AvgIpc) is 3.19. The molecule has 0 spiro atoms. The highest BCUT2D eigenvalue weighted by molar-refractivity contribution is 5.84. The Kier molecular flexibility index (Phi) is 6.47. The number of hydrogen-bond donors (Lipinski definition) is 1. The van der Waals surface area contributed by atoms with Gasteiger partial charge in [0.2, 0.25) is 5.91 Å². The number of nitrogens with one attached hydrogen (secondary N) is 1. The number of likely N-dealkylation sites (tertiary alicyclic amines) is 1. The molecule has 0 saturated carbocycles. The summed E-state index contributed by atoms with van der Waals surface area (Å²) in [5.41, 5.74) is 4.46. The van der Waals surface area contributed by atoms with E-state index in [-0.39, 0.29) is 11.9 Å². The molecule has 4 nitrogen and oxygen atoms in total. The van der Waals surface area contributed by atoms with Gasteiger partial charge >= 0.3 is 0 Å². The monoisotopic (exact) mass is 413 g/mol. The van der Waals surface area contributed by atoms with Crippen LogP contribution in [-0.2, 0) is 17.8 Å². The Morgan fingerprint density at radius 2 is 1.74 bits per heavy atom. The second kappa shape index (κ2) is 9.44. The minimum atomic E-state index is -0.428. The molecule has 4 rings (SSSR count). The Bertz CT molecular complexity index is 1000. The summed E-state index contributed by atoms with van der Waals surface area (Å²) in [5.74, 6) is 0.169. The number of nitrogens with zero attached hydrogens (tertiary/aromatic N) is 2. The Hall–Kier alpha value is -2.98. The van der Waals surface area contributed by atoms with Gasteiger partial charge < -0.3 is 5.32 Å². The topological polar surface area (TPSA) is 45.2 Å². The van der Waals surface area contributed by atoms with Crippen molar-refractivity contribution in [2.24, 2.45) is 5.41 Å². The molecule has 1 fully saturated rings. The van der Waals surface area contributed by atoms with Gasteiger partial charge in [0.15, 0.2) is 0 Å². The summed E-state index contributed by atoms with van der Waals surface area (Å²) >= 11 is 0. The van der Waals surface area contributed by atoms with Crippen molar-refractivity contribution in [1.82, 2.24) is 15.2 Å². The zero-order valence-electron chi connectivity index (χ0n) is 18.4. The van der Waals surface area contributed by atoms with Gasteiger partial charge in [-0.2, -0.15) is 0 Å². The summed E-state index contributed by atoms with van der Waals surface area (Å²) < 4.78 is 0. The normalized spacial score (nSPS) is 18.9. The maximum absolute atomic E-state index is 13.5.